The maximum atomic E-state index is 12.0. The molecule has 0 saturated carbocycles. The molecule has 1 atom stereocenters. The molecule has 1 unspecified atom stereocenters. The largest absolute Gasteiger partial charge is 0.397 e. The van der Waals surface area contributed by atoms with Gasteiger partial charge >= 0.3 is 0 Å². The van der Waals surface area contributed by atoms with E-state index in [0.717, 1.165) is 25.6 Å². The first-order valence-corrected chi connectivity index (χ1v) is 8.03. The van der Waals surface area contributed by atoms with E-state index in [1.54, 1.807) is 18.2 Å². The van der Waals surface area contributed by atoms with E-state index in [1.165, 1.54) is 19.3 Å². The van der Waals surface area contributed by atoms with Gasteiger partial charge in [0.15, 0.2) is 0 Å². The molecule has 1 aliphatic heterocycles. The average molecular weight is 310 g/mol. The van der Waals surface area contributed by atoms with E-state index in [0.29, 0.717) is 22.8 Å². The van der Waals surface area contributed by atoms with E-state index in [1.807, 2.05) is 0 Å². The Bertz CT molecular complexity index is 492. The Labute approximate surface area is 131 Å². The van der Waals surface area contributed by atoms with Crippen LogP contribution in [-0.4, -0.2) is 30.4 Å². The lowest BCUT2D eigenvalue weighted by Gasteiger charge is -2.16. The number of rotatable bonds is 6. The Morgan fingerprint density at radius 2 is 2.33 bits per heavy atom. The summed E-state index contributed by atoms with van der Waals surface area (Å²) >= 11 is 5.84. The summed E-state index contributed by atoms with van der Waals surface area (Å²) in [7, 11) is 0. The molecule has 1 fully saturated rings. The quantitative estimate of drug-likeness (QED) is 0.792. The van der Waals surface area contributed by atoms with E-state index in [4.69, 9.17) is 17.3 Å². The molecule has 2 rings (SSSR count). The molecular weight excluding hydrogens is 286 g/mol. The number of halogens is 1. The number of hydrogen-bond donors (Lipinski definition) is 2. The summed E-state index contributed by atoms with van der Waals surface area (Å²) in [5.74, 6) is 0.813. The Hall–Kier alpha value is -1.26. The lowest BCUT2D eigenvalue weighted by molar-refractivity contribution is -0.116. The van der Waals surface area contributed by atoms with Gasteiger partial charge in [-0.3, -0.25) is 4.79 Å². The Morgan fingerprint density at radius 1 is 1.52 bits per heavy atom. The fraction of sp³-hybridized carbons (Fsp3) is 0.562. The van der Waals surface area contributed by atoms with Gasteiger partial charge in [-0.05, 0) is 43.5 Å². The van der Waals surface area contributed by atoms with Crippen molar-refractivity contribution in [2.45, 2.75) is 32.6 Å². The summed E-state index contributed by atoms with van der Waals surface area (Å²) < 4.78 is 0. The molecule has 0 aliphatic carbocycles. The first-order chi connectivity index (χ1) is 10.1. The first-order valence-electron chi connectivity index (χ1n) is 7.65. The average Bonchev–Trinajstić information content (AvgIpc) is 2.88. The van der Waals surface area contributed by atoms with Crippen LogP contribution in [0.15, 0.2) is 18.2 Å². The van der Waals surface area contributed by atoms with Crippen molar-refractivity contribution in [3.8, 4) is 0 Å². The van der Waals surface area contributed by atoms with Crippen LogP contribution in [0.2, 0.25) is 5.02 Å². The van der Waals surface area contributed by atoms with Crippen molar-refractivity contribution in [3.63, 3.8) is 0 Å². The maximum absolute atomic E-state index is 12.0. The van der Waals surface area contributed by atoms with Gasteiger partial charge in [-0.1, -0.05) is 24.9 Å². The van der Waals surface area contributed by atoms with Crippen molar-refractivity contribution in [3.05, 3.63) is 23.2 Å². The number of hydrogen-bond acceptors (Lipinski definition) is 3. The lowest BCUT2D eigenvalue weighted by atomic mass is 10.0. The molecule has 0 radical (unpaired) electrons. The van der Waals surface area contributed by atoms with Gasteiger partial charge in [-0.2, -0.15) is 0 Å². The highest BCUT2D eigenvalue weighted by Crippen LogP contribution is 2.23. The number of carbonyl (C=O) groups excluding carboxylic acids is 1. The summed E-state index contributed by atoms with van der Waals surface area (Å²) in [6.07, 6.45) is 4.30. The first kappa shape index (κ1) is 16.1. The summed E-state index contributed by atoms with van der Waals surface area (Å²) in [6.45, 7) is 5.29. The summed E-state index contributed by atoms with van der Waals surface area (Å²) in [4.78, 5) is 14.4. The van der Waals surface area contributed by atoms with E-state index in [9.17, 15) is 4.79 Å². The molecular formula is C16H24ClN3O. The van der Waals surface area contributed by atoms with Crippen LogP contribution in [0.4, 0.5) is 11.4 Å². The van der Waals surface area contributed by atoms with Crippen molar-refractivity contribution in [1.82, 2.24) is 4.90 Å². The third-order valence-electron chi connectivity index (χ3n) is 4.01. The minimum Gasteiger partial charge on any atom is -0.397 e. The molecule has 4 nitrogen and oxygen atoms in total. The van der Waals surface area contributed by atoms with Gasteiger partial charge in [0.2, 0.25) is 5.91 Å². The molecule has 0 aromatic heterocycles. The predicted molar refractivity (Wildman–Crippen MR) is 88.6 cm³/mol. The van der Waals surface area contributed by atoms with Crippen LogP contribution in [-0.2, 0) is 4.79 Å². The summed E-state index contributed by atoms with van der Waals surface area (Å²) in [5.41, 5.74) is 6.96. The molecule has 5 heteroatoms. The highest BCUT2D eigenvalue weighted by molar-refractivity contribution is 6.31. The highest BCUT2D eigenvalue weighted by Gasteiger charge is 2.21. The minimum atomic E-state index is 0.00274. The zero-order chi connectivity index (χ0) is 15.2. The van der Waals surface area contributed by atoms with Crippen molar-refractivity contribution in [1.29, 1.82) is 0 Å². The number of nitrogen functional groups attached to an aromatic ring is 1. The van der Waals surface area contributed by atoms with Gasteiger partial charge in [-0.25, -0.2) is 0 Å². The van der Waals surface area contributed by atoms with Crippen LogP contribution in [0.3, 0.4) is 0 Å². The van der Waals surface area contributed by atoms with Crippen LogP contribution in [0.25, 0.3) is 0 Å². The zero-order valence-electron chi connectivity index (χ0n) is 12.6. The van der Waals surface area contributed by atoms with E-state index >= 15 is 0 Å². The minimum absolute atomic E-state index is 0.00274. The standard InChI is InChI=1S/C16H24ClN3O/c1-2-3-12-6-8-20(11-12)9-7-16(21)19-15-5-4-13(17)10-14(15)18/h4-5,10,12H,2-3,6-9,11,18H2,1H3,(H,19,21). The number of nitrogens with one attached hydrogen (secondary N) is 1. The monoisotopic (exact) mass is 309 g/mol. The molecule has 1 aromatic carbocycles. The van der Waals surface area contributed by atoms with Gasteiger partial charge in [0, 0.05) is 24.5 Å². The van der Waals surface area contributed by atoms with Crippen molar-refractivity contribution < 1.29 is 4.79 Å². The molecule has 1 heterocycles. The van der Waals surface area contributed by atoms with Crippen LogP contribution < -0.4 is 11.1 Å². The number of amides is 1. The second-order valence-corrected chi connectivity index (χ2v) is 6.21. The molecule has 3 N–H and O–H groups in total. The molecule has 0 spiro atoms. The van der Waals surface area contributed by atoms with Gasteiger partial charge in [0.05, 0.1) is 11.4 Å². The van der Waals surface area contributed by atoms with E-state index in [2.05, 4.69) is 17.1 Å². The predicted octanol–water partition coefficient (Wildman–Crippen LogP) is 3.37. The van der Waals surface area contributed by atoms with Crippen molar-refractivity contribution in [2.75, 3.05) is 30.7 Å². The van der Waals surface area contributed by atoms with Crippen LogP contribution in [0.5, 0.6) is 0 Å². The molecule has 21 heavy (non-hydrogen) atoms. The second-order valence-electron chi connectivity index (χ2n) is 5.77. The summed E-state index contributed by atoms with van der Waals surface area (Å²) in [5, 5.41) is 3.42. The molecule has 1 aromatic rings. The Kier molecular flexibility index (Phi) is 5.88. The van der Waals surface area contributed by atoms with Gasteiger partial charge in [0.25, 0.3) is 0 Å². The molecule has 0 bridgehead atoms. The van der Waals surface area contributed by atoms with Crippen LogP contribution in [0, 0.1) is 5.92 Å². The number of carbonyl (C=O) groups is 1. The molecule has 1 amide bonds. The number of anilines is 2. The van der Waals surface area contributed by atoms with Gasteiger partial charge in [0.1, 0.15) is 0 Å². The second kappa shape index (κ2) is 7.66. The van der Waals surface area contributed by atoms with Crippen molar-refractivity contribution >= 4 is 28.9 Å². The highest BCUT2D eigenvalue weighted by atomic mass is 35.5. The normalized spacial score (nSPS) is 18.9. The molecule has 1 saturated heterocycles. The van der Waals surface area contributed by atoms with Crippen LogP contribution >= 0.6 is 11.6 Å². The Morgan fingerprint density at radius 3 is 3.05 bits per heavy atom. The number of nitrogens with two attached hydrogens (primary N) is 1. The van der Waals surface area contributed by atoms with Crippen LogP contribution in [0.1, 0.15) is 32.6 Å². The van der Waals surface area contributed by atoms with E-state index < -0.39 is 0 Å². The zero-order valence-corrected chi connectivity index (χ0v) is 13.3. The third kappa shape index (κ3) is 4.90. The SMILES string of the molecule is CCCC1CCN(CCC(=O)Nc2ccc(Cl)cc2N)C1. The lowest BCUT2D eigenvalue weighted by Crippen LogP contribution is -2.26. The smallest absolute Gasteiger partial charge is 0.225 e. The molecule has 1 aliphatic rings. The number of nitrogens with zero attached hydrogens (tertiary/aromatic N) is 1. The number of benzene rings is 1. The fourth-order valence-corrected chi connectivity index (χ4v) is 3.06. The Balaban J connectivity index is 1.75. The van der Waals surface area contributed by atoms with Gasteiger partial charge < -0.3 is 16.0 Å². The topological polar surface area (TPSA) is 58.4 Å². The van der Waals surface area contributed by atoms with E-state index in [-0.39, 0.29) is 5.91 Å². The summed E-state index contributed by atoms with van der Waals surface area (Å²) in [6, 6.07) is 5.11. The van der Waals surface area contributed by atoms with Gasteiger partial charge in [-0.15, -0.1) is 0 Å². The number of likely N-dealkylation sites (tertiary alicyclic amines) is 1. The maximum Gasteiger partial charge on any atom is 0.225 e. The van der Waals surface area contributed by atoms with Crippen molar-refractivity contribution in [2.24, 2.45) is 5.92 Å². The molecule has 116 valence electrons. The third-order valence-corrected chi connectivity index (χ3v) is 4.24. The fourth-order valence-electron chi connectivity index (χ4n) is 2.88.